The molecule has 2 heterocycles. The van der Waals surface area contributed by atoms with Crippen LogP contribution in [0.2, 0.25) is 0 Å². The molecule has 0 aliphatic rings. The van der Waals surface area contributed by atoms with Crippen molar-refractivity contribution >= 4 is 17.7 Å². The number of aromatic carboxylic acids is 1. The van der Waals surface area contributed by atoms with Crippen molar-refractivity contribution in [3.63, 3.8) is 0 Å². The summed E-state index contributed by atoms with van der Waals surface area (Å²) < 4.78 is 1.94. The van der Waals surface area contributed by atoms with Gasteiger partial charge >= 0.3 is 11.7 Å². The van der Waals surface area contributed by atoms with Gasteiger partial charge in [0.25, 0.3) is 0 Å². The van der Waals surface area contributed by atoms with E-state index in [0.29, 0.717) is 11.4 Å². The number of hydrogen-bond acceptors (Lipinski definition) is 5. The van der Waals surface area contributed by atoms with Crippen molar-refractivity contribution in [2.75, 3.05) is 5.75 Å². The molecule has 2 rings (SSSR count). The summed E-state index contributed by atoms with van der Waals surface area (Å²) in [5.74, 6) is -0.405. The van der Waals surface area contributed by atoms with Crippen LogP contribution in [-0.2, 0) is 6.54 Å². The first-order valence-corrected chi connectivity index (χ1v) is 6.99. The van der Waals surface area contributed by atoms with Gasteiger partial charge in [-0.25, -0.2) is 14.6 Å². The van der Waals surface area contributed by atoms with E-state index >= 15 is 0 Å². The van der Waals surface area contributed by atoms with E-state index in [4.69, 9.17) is 5.11 Å². The summed E-state index contributed by atoms with van der Waals surface area (Å²) in [6.07, 6.45) is 6.12. The summed E-state index contributed by atoms with van der Waals surface area (Å²) in [5.41, 5.74) is -0.128. The molecule has 8 heteroatoms. The number of aromatic amines is 1. The topological polar surface area (TPSA) is 101 Å². The van der Waals surface area contributed by atoms with Gasteiger partial charge in [0.05, 0.1) is 6.33 Å². The van der Waals surface area contributed by atoms with E-state index in [9.17, 15) is 9.59 Å². The molecular weight excluding hydrogens is 280 g/mol. The van der Waals surface area contributed by atoms with E-state index in [1.807, 2.05) is 10.8 Å². The van der Waals surface area contributed by atoms with Crippen molar-refractivity contribution in [1.82, 2.24) is 19.5 Å². The van der Waals surface area contributed by atoms with Crippen LogP contribution in [0.1, 0.15) is 22.5 Å². The third-order valence-corrected chi connectivity index (χ3v) is 3.72. The molecule has 0 bridgehead atoms. The van der Waals surface area contributed by atoms with Gasteiger partial charge in [0.1, 0.15) is 10.6 Å². The molecule has 7 nitrogen and oxygen atoms in total. The van der Waals surface area contributed by atoms with Crippen LogP contribution >= 0.6 is 11.8 Å². The number of carboxylic acids is 1. The number of nitrogens with one attached hydrogen (secondary N) is 1. The Morgan fingerprint density at radius 1 is 1.55 bits per heavy atom. The molecule has 0 aliphatic heterocycles. The molecule has 0 spiro atoms. The lowest BCUT2D eigenvalue weighted by Gasteiger charge is -2.07. The quantitative estimate of drug-likeness (QED) is 0.471. The van der Waals surface area contributed by atoms with Crippen LogP contribution in [0.25, 0.3) is 0 Å². The fraction of sp³-hybridized carbons (Fsp3) is 0.333. The molecule has 2 N–H and O–H groups in total. The summed E-state index contributed by atoms with van der Waals surface area (Å²) in [4.78, 5) is 32.6. The van der Waals surface area contributed by atoms with Gasteiger partial charge in [-0.2, -0.15) is 4.98 Å². The van der Waals surface area contributed by atoms with E-state index in [1.165, 1.54) is 11.8 Å². The van der Waals surface area contributed by atoms with E-state index in [1.54, 1.807) is 19.4 Å². The fourth-order valence-electron chi connectivity index (χ4n) is 1.75. The Kier molecular flexibility index (Phi) is 4.57. The van der Waals surface area contributed by atoms with Crippen LogP contribution in [-0.4, -0.2) is 36.3 Å². The van der Waals surface area contributed by atoms with Crippen LogP contribution in [0.5, 0.6) is 0 Å². The number of thioether (sulfide) groups is 1. The molecule has 20 heavy (non-hydrogen) atoms. The molecule has 106 valence electrons. The lowest BCUT2D eigenvalue weighted by atomic mass is 10.2. The minimum atomic E-state index is -1.08. The molecule has 2 aromatic heterocycles. The highest BCUT2D eigenvalue weighted by Gasteiger charge is 2.16. The smallest absolute Gasteiger partial charge is 0.346 e. The van der Waals surface area contributed by atoms with Crippen LogP contribution in [0.15, 0.2) is 28.5 Å². The summed E-state index contributed by atoms with van der Waals surface area (Å²) in [6, 6.07) is 0. The fourth-order valence-corrected chi connectivity index (χ4v) is 2.75. The molecule has 0 saturated carbocycles. The number of aromatic nitrogens is 4. The first kappa shape index (κ1) is 14.3. The maximum absolute atomic E-state index is 11.3. The van der Waals surface area contributed by atoms with E-state index in [2.05, 4.69) is 15.0 Å². The number of imidazole rings is 1. The van der Waals surface area contributed by atoms with Crippen molar-refractivity contribution < 1.29 is 9.90 Å². The van der Waals surface area contributed by atoms with E-state index in [0.717, 1.165) is 13.0 Å². The Bertz CT molecular complexity index is 651. The lowest BCUT2D eigenvalue weighted by Crippen LogP contribution is -2.18. The van der Waals surface area contributed by atoms with Crippen molar-refractivity contribution in [3.05, 3.63) is 40.5 Å². The number of carbonyl (C=O) groups is 1. The number of rotatable bonds is 6. The Hall–Kier alpha value is -2.09. The highest BCUT2D eigenvalue weighted by molar-refractivity contribution is 7.99. The maximum Gasteiger partial charge on any atom is 0.346 e. The van der Waals surface area contributed by atoms with Crippen molar-refractivity contribution in [1.29, 1.82) is 0 Å². The number of aryl methyl sites for hydroxylation is 2. The Labute approximate surface area is 119 Å². The highest BCUT2D eigenvalue weighted by Crippen LogP contribution is 2.21. The Morgan fingerprint density at radius 2 is 2.35 bits per heavy atom. The third kappa shape index (κ3) is 3.47. The summed E-state index contributed by atoms with van der Waals surface area (Å²) in [7, 11) is 0. The Morgan fingerprint density at radius 3 is 3.00 bits per heavy atom. The maximum atomic E-state index is 11.3. The van der Waals surface area contributed by atoms with Gasteiger partial charge in [-0.05, 0) is 13.3 Å². The lowest BCUT2D eigenvalue weighted by molar-refractivity contribution is 0.0690. The molecule has 0 aliphatic carbocycles. The third-order valence-electron chi connectivity index (χ3n) is 2.66. The molecule has 0 aromatic carbocycles. The van der Waals surface area contributed by atoms with Crippen LogP contribution in [0, 0.1) is 6.92 Å². The van der Waals surface area contributed by atoms with Crippen molar-refractivity contribution in [2.45, 2.75) is 24.9 Å². The second-order valence-electron chi connectivity index (χ2n) is 4.15. The molecule has 0 radical (unpaired) electrons. The number of nitrogens with zero attached hydrogens (tertiary/aromatic N) is 3. The average molecular weight is 294 g/mol. The zero-order chi connectivity index (χ0) is 14.5. The monoisotopic (exact) mass is 294 g/mol. The molecule has 0 amide bonds. The predicted molar refractivity (Wildman–Crippen MR) is 74.1 cm³/mol. The molecule has 0 saturated heterocycles. The first-order valence-electron chi connectivity index (χ1n) is 6.00. The summed E-state index contributed by atoms with van der Waals surface area (Å²) in [5, 5.41) is 9.42. The number of hydrogen-bond donors (Lipinski definition) is 2. The van der Waals surface area contributed by atoms with Gasteiger partial charge in [0.2, 0.25) is 0 Å². The van der Waals surface area contributed by atoms with Crippen LogP contribution < -0.4 is 5.69 Å². The van der Waals surface area contributed by atoms with E-state index < -0.39 is 11.7 Å². The summed E-state index contributed by atoms with van der Waals surface area (Å²) >= 11 is 1.28. The minimum Gasteiger partial charge on any atom is -0.478 e. The van der Waals surface area contributed by atoms with E-state index in [-0.39, 0.29) is 10.6 Å². The molecule has 0 unspecified atom stereocenters. The van der Waals surface area contributed by atoms with Gasteiger partial charge in [-0.15, -0.1) is 11.8 Å². The predicted octanol–water partition coefficient (Wildman–Crippen LogP) is 1.16. The SMILES string of the molecule is Cc1[nH]c(=O)nc(SCCCn2ccnc2)c1C(=O)O. The first-order chi connectivity index (χ1) is 9.58. The zero-order valence-corrected chi connectivity index (χ0v) is 11.7. The largest absolute Gasteiger partial charge is 0.478 e. The average Bonchev–Trinajstić information content (AvgIpc) is 2.86. The number of carboxylic acid groups (broad SMARTS) is 1. The van der Waals surface area contributed by atoms with Gasteiger partial charge in [-0.3, -0.25) is 0 Å². The highest BCUT2D eigenvalue weighted by atomic mass is 32.2. The second kappa shape index (κ2) is 6.38. The van der Waals surface area contributed by atoms with Crippen LogP contribution in [0.4, 0.5) is 0 Å². The van der Waals surface area contributed by atoms with Gasteiger partial charge < -0.3 is 14.7 Å². The minimum absolute atomic E-state index is 0.0669. The van der Waals surface area contributed by atoms with Crippen molar-refractivity contribution in [2.24, 2.45) is 0 Å². The standard InChI is InChI=1S/C12H14N4O3S/c1-8-9(11(17)18)10(15-12(19)14-8)20-6-2-4-16-5-3-13-7-16/h3,5,7H,2,4,6H2,1H3,(H,17,18)(H,14,15,19). The molecule has 2 aromatic rings. The summed E-state index contributed by atoms with van der Waals surface area (Å²) in [6.45, 7) is 2.35. The molecule has 0 fully saturated rings. The molecule has 0 atom stereocenters. The van der Waals surface area contributed by atoms with Gasteiger partial charge in [0.15, 0.2) is 0 Å². The number of H-pyrrole nitrogens is 1. The normalized spacial score (nSPS) is 10.7. The van der Waals surface area contributed by atoms with Gasteiger partial charge in [-0.1, -0.05) is 0 Å². The second-order valence-corrected chi connectivity index (χ2v) is 5.24. The molecular formula is C12H14N4O3S. The Balaban J connectivity index is 2.01. The zero-order valence-electron chi connectivity index (χ0n) is 10.9. The van der Waals surface area contributed by atoms with Crippen LogP contribution in [0.3, 0.4) is 0 Å². The van der Waals surface area contributed by atoms with Crippen molar-refractivity contribution in [3.8, 4) is 0 Å². The van der Waals surface area contributed by atoms with Gasteiger partial charge in [0, 0.05) is 30.4 Å².